The van der Waals surface area contributed by atoms with Gasteiger partial charge in [0.2, 0.25) is 0 Å². The molecular formula is C18H15Cl2N3O3S. The number of nitrogens with one attached hydrogen (secondary N) is 2. The average Bonchev–Trinajstić information content (AvgIpc) is 2.95. The number of anilines is 2. The second-order valence-corrected chi connectivity index (χ2v) is 7.68. The minimum absolute atomic E-state index is 0.212. The second kappa shape index (κ2) is 8.12. The fraction of sp³-hybridized carbons (Fsp3) is 0.167. The van der Waals surface area contributed by atoms with E-state index in [4.69, 9.17) is 27.9 Å². The lowest BCUT2D eigenvalue weighted by Gasteiger charge is -2.08. The number of hydrogen-bond donors (Lipinski definition) is 2. The summed E-state index contributed by atoms with van der Waals surface area (Å²) in [5.41, 5.74) is 1.46. The van der Waals surface area contributed by atoms with Crippen LogP contribution in [-0.4, -0.2) is 23.1 Å². The van der Waals surface area contributed by atoms with Crippen molar-refractivity contribution in [2.24, 2.45) is 0 Å². The lowest BCUT2D eigenvalue weighted by atomic mass is 10.2. The Bertz CT molecular complexity index is 1000. The summed E-state index contributed by atoms with van der Waals surface area (Å²) in [6, 6.07) is 10.1. The van der Waals surface area contributed by atoms with Crippen LogP contribution in [0.25, 0.3) is 10.2 Å². The number of carbonyl (C=O) groups excluding carboxylic acids is 2. The number of fused-ring (bicyclic) bond motifs is 1. The van der Waals surface area contributed by atoms with Crippen LogP contribution in [0.3, 0.4) is 0 Å². The van der Waals surface area contributed by atoms with Gasteiger partial charge in [0, 0.05) is 5.69 Å². The molecule has 0 bridgehead atoms. The molecule has 0 radical (unpaired) electrons. The maximum atomic E-state index is 12.5. The Morgan fingerprint density at radius 1 is 1.11 bits per heavy atom. The molecule has 0 spiro atoms. The van der Waals surface area contributed by atoms with Gasteiger partial charge in [-0.1, -0.05) is 40.6 Å². The summed E-state index contributed by atoms with van der Waals surface area (Å²) in [6.45, 7) is 3.52. The van der Waals surface area contributed by atoms with Crippen LogP contribution in [0.15, 0.2) is 36.4 Å². The summed E-state index contributed by atoms with van der Waals surface area (Å²) in [6.07, 6.45) is -0.788. The van der Waals surface area contributed by atoms with Crippen LogP contribution >= 0.6 is 34.5 Å². The highest BCUT2D eigenvalue weighted by atomic mass is 35.5. The standard InChI is InChI=1S/C18H15Cl2N3O3S/c1-9(2)26-18(25)23-17-22-13-7-6-10(8-14(13)27-17)21-16(24)15-11(19)4-3-5-12(15)20/h3-9H,1-2H3,(H,21,24)(H,22,23,25). The smallest absolute Gasteiger partial charge is 0.413 e. The fourth-order valence-corrected chi connectivity index (χ4v) is 3.75. The first kappa shape index (κ1) is 19.4. The monoisotopic (exact) mass is 423 g/mol. The van der Waals surface area contributed by atoms with Crippen LogP contribution in [-0.2, 0) is 4.74 Å². The molecule has 0 unspecified atom stereocenters. The number of thiazole rings is 1. The van der Waals surface area contributed by atoms with E-state index in [1.165, 1.54) is 11.3 Å². The summed E-state index contributed by atoms with van der Waals surface area (Å²) in [5, 5.41) is 6.31. The van der Waals surface area contributed by atoms with Crippen molar-refractivity contribution in [3.63, 3.8) is 0 Å². The molecule has 1 heterocycles. The zero-order valence-electron chi connectivity index (χ0n) is 14.4. The lowest BCUT2D eigenvalue weighted by molar-refractivity contribution is 0.102. The first-order valence-corrected chi connectivity index (χ1v) is 9.54. The molecule has 9 heteroatoms. The van der Waals surface area contributed by atoms with Crippen molar-refractivity contribution in [3.05, 3.63) is 52.0 Å². The van der Waals surface area contributed by atoms with E-state index in [0.717, 1.165) is 4.70 Å². The van der Waals surface area contributed by atoms with Gasteiger partial charge in [0.1, 0.15) is 0 Å². The van der Waals surface area contributed by atoms with Gasteiger partial charge in [-0.2, -0.15) is 0 Å². The SMILES string of the molecule is CC(C)OC(=O)Nc1nc2ccc(NC(=O)c3c(Cl)cccc3Cl)cc2s1. The third kappa shape index (κ3) is 4.68. The van der Waals surface area contributed by atoms with Gasteiger partial charge in [-0.05, 0) is 44.2 Å². The number of benzene rings is 2. The molecule has 3 rings (SSSR count). The van der Waals surface area contributed by atoms with E-state index in [9.17, 15) is 9.59 Å². The van der Waals surface area contributed by atoms with Gasteiger partial charge in [0.25, 0.3) is 5.91 Å². The van der Waals surface area contributed by atoms with Crippen LogP contribution < -0.4 is 10.6 Å². The molecule has 6 nitrogen and oxygen atoms in total. The van der Waals surface area contributed by atoms with Crippen LogP contribution in [0.2, 0.25) is 10.0 Å². The van der Waals surface area contributed by atoms with Crippen molar-refractivity contribution in [1.29, 1.82) is 0 Å². The molecule has 140 valence electrons. The summed E-state index contributed by atoms with van der Waals surface area (Å²) in [4.78, 5) is 28.5. The van der Waals surface area contributed by atoms with Gasteiger partial charge in [-0.25, -0.2) is 9.78 Å². The highest BCUT2D eigenvalue weighted by molar-refractivity contribution is 7.22. The number of nitrogens with zero attached hydrogens (tertiary/aromatic N) is 1. The van der Waals surface area contributed by atoms with Crippen molar-refractivity contribution in [2.75, 3.05) is 10.6 Å². The predicted octanol–water partition coefficient (Wildman–Crippen LogP) is 5.81. The van der Waals surface area contributed by atoms with Gasteiger partial charge < -0.3 is 10.1 Å². The van der Waals surface area contributed by atoms with Crippen molar-refractivity contribution in [2.45, 2.75) is 20.0 Å². The lowest BCUT2D eigenvalue weighted by Crippen LogP contribution is -2.17. The number of halogens is 2. The third-order valence-corrected chi connectivity index (χ3v) is 4.95. The van der Waals surface area contributed by atoms with Gasteiger partial charge in [-0.3, -0.25) is 10.1 Å². The minimum Gasteiger partial charge on any atom is -0.447 e. The molecular weight excluding hydrogens is 409 g/mol. The van der Waals surface area contributed by atoms with Crippen LogP contribution in [0.4, 0.5) is 15.6 Å². The summed E-state index contributed by atoms with van der Waals surface area (Å²) < 4.78 is 5.82. The molecule has 1 aromatic heterocycles. The number of rotatable bonds is 4. The molecule has 2 amide bonds. The Morgan fingerprint density at radius 3 is 2.48 bits per heavy atom. The topological polar surface area (TPSA) is 80.3 Å². The van der Waals surface area contributed by atoms with E-state index >= 15 is 0 Å². The van der Waals surface area contributed by atoms with Crippen molar-refractivity contribution in [3.8, 4) is 0 Å². The highest BCUT2D eigenvalue weighted by Gasteiger charge is 2.15. The largest absolute Gasteiger partial charge is 0.447 e. The van der Waals surface area contributed by atoms with E-state index in [1.807, 2.05) is 0 Å². The summed E-state index contributed by atoms with van der Waals surface area (Å²) >= 11 is 13.4. The number of amides is 2. The van der Waals surface area contributed by atoms with Crippen molar-refractivity contribution < 1.29 is 14.3 Å². The molecule has 3 aromatic rings. The Hall–Kier alpha value is -2.35. The molecule has 0 saturated carbocycles. The van der Waals surface area contributed by atoms with E-state index in [0.29, 0.717) is 16.3 Å². The Kier molecular flexibility index (Phi) is 5.84. The molecule has 0 aliphatic heterocycles. The van der Waals surface area contributed by atoms with Crippen LogP contribution in [0.5, 0.6) is 0 Å². The second-order valence-electron chi connectivity index (χ2n) is 5.83. The summed E-state index contributed by atoms with van der Waals surface area (Å²) in [5.74, 6) is -0.409. The van der Waals surface area contributed by atoms with Crippen molar-refractivity contribution in [1.82, 2.24) is 4.98 Å². The quantitative estimate of drug-likeness (QED) is 0.554. The van der Waals surface area contributed by atoms with Gasteiger partial charge in [-0.15, -0.1) is 0 Å². The average molecular weight is 424 g/mol. The van der Waals surface area contributed by atoms with Crippen LogP contribution in [0, 0.1) is 0 Å². The van der Waals surface area contributed by atoms with Crippen molar-refractivity contribution >= 4 is 67.6 Å². The molecule has 2 N–H and O–H groups in total. The van der Waals surface area contributed by atoms with E-state index in [2.05, 4.69) is 15.6 Å². The Labute approximate surface area is 169 Å². The van der Waals surface area contributed by atoms with E-state index in [-0.39, 0.29) is 21.7 Å². The van der Waals surface area contributed by atoms with Crippen LogP contribution in [0.1, 0.15) is 24.2 Å². The molecule has 0 aliphatic carbocycles. The predicted molar refractivity (Wildman–Crippen MR) is 109 cm³/mol. The minimum atomic E-state index is -0.564. The molecule has 2 aromatic carbocycles. The zero-order chi connectivity index (χ0) is 19.6. The van der Waals surface area contributed by atoms with Gasteiger partial charge in [0.05, 0.1) is 31.9 Å². The maximum Gasteiger partial charge on any atom is 0.413 e. The number of hydrogen-bond acceptors (Lipinski definition) is 5. The normalized spacial score (nSPS) is 10.9. The Morgan fingerprint density at radius 2 is 1.81 bits per heavy atom. The van der Waals surface area contributed by atoms with Gasteiger partial charge >= 0.3 is 6.09 Å². The summed E-state index contributed by atoms with van der Waals surface area (Å²) in [7, 11) is 0. The molecule has 27 heavy (non-hydrogen) atoms. The zero-order valence-corrected chi connectivity index (χ0v) is 16.7. The first-order valence-electron chi connectivity index (χ1n) is 7.97. The maximum absolute atomic E-state index is 12.5. The number of aromatic nitrogens is 1. The first-order chi connectivity index (χ1) is 12.8. The fourth-order valence-electron chi connectivity index (χ4n) is 2.30. The molecule has 0 saturated heterocycles. The van der Waals surface area contributed by atoms with E-state index < -0.39 is 12.0 Å². The number of ether oxygens (including phenoxy) is 1. The van der Waals surface area contributed by atoms with Gasteiger partial charge in [0.15, 0.2) is 5.13 Å². The third-order valence-electron chi connectivity index (χ3n) is 3.39. The molecule has 0 atom stereocenters. The molecule has 0 fully saturated rings. The number of carbonyl (C=O) groups is 2. The van der Waals surface area contributed by atoms with E-state index in [1.54, 1.807) is 50.2 Å². The highest BCUT2D eigenvalue weighted by Crippen LogP contribution is 2.30. The molecule has 0 aliphatic rings. The Balaban J connectivity index is 1.78.